The number of benzene rings is 3. The third kappa shape index (κ3) is 2.39. The fourth-order valence-corrected chi connectivity index (χ4v) is 3.29. The molecule has 2 heterocycles. The van der Waals surface area contributed by atoms with Gasteiger partial charge in [-0.3, -0.25) is 4.98 Å². The monoisotopic (exact) mass is 321 g/mol. The van der Waals surface area contributed by atoms with E-state index >= 15 is 0 Å². The first kappa shape index (κ1) is 14.0. The molecule has 5 rings (SSSR count). The zero-order chi connectivity index (χ0) is 16.6. The van der Waals surface area contributed by atoms with Gasteiger partial charge in [-0.2, -0.15) is 0 Å². The van der Waals surface area contributed by atoms with Crippen LogP contribution in [-0.2, 0) is 0 Å². The van der Waals surface area contributed by atoms with Crippen LogP contribution in [0.15, 0.2) is 95.7 Å². The highest BCUT2D eigenvalue weighted by Crippen LogP contribution is 2.32. The SMILES string of the molecule is c1cncc(-c2ccc(-c3ccc4oc5ccccc5c4c3)cc2)c1. The number of furan rings is 1. The van der Waals surface area contributed by atoms with Crippen LogP contribution in [0.25, 0.3) is 44.2 Å². The van der Waals surface area contributed by atoms with E-state index in [-0.39, 0.29) is 0 Å². The van der Waals surface area contributed by atoms with Crippen LogP contribution in [-0.4, -0.2) is 4.98 Å². The van der Waals surface area contributed by atoms with Gasteiger partial charge in [-0.15, -0.1) is 0 Å². The third-order valence-electron chi connectivity index (χ3n) is 4.59. The van der Waals surface area contributed by atoms with Crippen LogP contribution >= 0.6 is 0 Å². The molecule has 0 aliphatic carbocycles. The summed E-state index contributed by atoms with van der Waals surface area (Å²) in [5, 5.41) is 2.32. The van der Waals surface area contributed by atoms with Crippen molar-refractivity contribution in [2.24, 2.45) is 0 Å². The second kappa shape index (κ2) is 5.60. The van der Waals surface area contributed by atoms with Gasteiger partial charge in [-0.25, -0.2) is 0 Å². The van der Waals surface area contributed by atoms with Crippen molar-refractivity contribution in [2.75, 3.05) is 0 Å². The lowest BCUT2D eigenvalue weighted by molar-refractivity contribution is 0.669. The van der Waals surface area contributed by atoms with Gasteiger partial charge in [0.2, 0.25) is 0 Å². The minimum absolute atomic E-state index is 0.928. The Hall–Kier alpha value is -3.39. The maximum Gasteiger partial charge on any atom is 0.135 e. The Balaban J connectivity index is 1.59. The minimum Gasteiger partial charge on any atom is -0.456 e. The zero-order valence-corrected chi connectivity index (χ0v) is 13.5. The molecule has 5 aromatic rings. The summed E-state index contributed by atoms with van der Waals surface area (Å²) in [6.45, 7) is 0. The molecule has 0 saturated carbocycles. The molecule has 3 aromatic carbocycles. The standard InChI is InChI=1S/C23H15NO/c1-2-6-22-20(5-1)21-14-18(11-12-23(21)25-22)16-7-9-17(10-8-16)19-4-3-13-24-15-19/h1-15H. The minimum atomic E-state index is 0.928. The van der Waals surface area contributed by atoms with Crippen molar-refractivity contribution >= 4 is 21.9 Å². The van der Waals surface area contributed by atoms with Gasteiger partial charge in [0.1, 0.15) is 11.2 Å². The normalized spacial score (nSPS) is 11.2. The number of hydrogen-bond donors (Lipinski definition) is 0. The van der Waals surface area contributed by atoms with Gasteiger partial charge >= 0.3 is 0 Å². The van der Waals surface area contributed by atoms with Gasteiger partial charge in [0.15, 0.2) is 0 Å². The molecule has 118 valence electrons. The molecule has 0 bridgehead atoms. The summed E-state index contributed by atoms with van der Waals surface area (Å²) < 4.78 is 5.91. The van der Waals surface area contributed by atoms with E-state index in [9.17, 15) is 0 Å². The van der Waals surface area contributed by atoms with Gasteiger partial charge in [0.25, 0.3) is 0 Å². The van der Waals surface area contributed by atoms with E-state index in [0.29, 0.717) is 0 Å². The van der Waals surface area contributed by atoms with Crippen molar-refractivity contribution in [1.29, 1.82) is 0 Å². The smallest absolute Gasteiger partial charge is 0.135 e. The first-order chi connectivity index (χ1) is 12.4. The summed E-state index contributed by atoms with van der Waals surface area (Å²) in [5.74, 6) is 0. The lowest BCUT2D eigenvalue weighted by Crippen LogP contribution is -1.81. The molecule has 2 heteroatoms. The Labute approximate surface area is 145 Å². The van der Waals surface area contributed by atoms with E-state index in [1.807, 2.05) is 30.5 Å². The van der Waals surface area contributed by atoms with Crippen molar-refractivity contribution < 1.29 is 4.42 Å². The summed E-state index contributed by atoms with van der Waals surface area (Å²) in [5.41, 5.74) is 6.55. The fraction of sp³-hybridized carbons (Fsp3) is 0. The first-order valence-corrected chi connectivity index (χ1v) is 8.31. The molecule has 25 heavy (non-hydrogen) atoms. The van der Waals surface area contributed by atoms with Crippen LogP contribution in [0.3, 0.4) is 0 Å². The molecule has 0 fully saturated rings. The second-order valence-corrected chi connectivity index (χ2v) is 6.13. The predicted molar refractivity (Wildman–Crippen MR) is 102 cm³/mol. The van der Waals surface area contributed by atoms with E-state index in [1.165, 1.54) is 16.7 Å². The molecule has 0 saturated heterocycles. The Morgan fingerprint density at radius 1 is 0.560 bits per heavy atom. The molecule has 0 aliphatic rings. The Morgan fingerprint density at radius 3 is 2.08 bits per heavy atom. The largest absolute Gasteiger partial charge is 0.456 e. The quantitative estimate of drug-likeness (QED) is 0.380. The molecular formula is C23H15NO. The molecule has 0 unspecified atom stereocenters. The lowest BCUT2D eigenvalue weighted by Gasteiger charge is -2.05. The summed E-state index contributed by atoms with van der Waals surface area (Å²) >= 11 is 0. The molecule has 0 radical (unpaired) electrons. The molecule has 0 N–H and O–H groups in total. The second-order valence-electron chi connectivity index (χ2n) is 6.13. The number of para-hydroxylation sites is 1. The Kier molecular flexibility index (Phi) is 3.14. The van der Waals surface area contributed by atoms with Crippen LogP contribution in [0.1, 0.15) is 0 Å². The van der Waals surface area contributed by atoms with Gasteiger partial charge in [0.05, 0.1) is 0 Å². The van der Waals surface area contributed by atoms with E-state index in [4.69, 9.17) is 4.42 Å². The molecule has 0 aliphatic heterocycles. The first-order valence-electron chi connectivity index (χ1n) is 8.31. The van der Waals surface area contributed by atoms with Crippen LogP contribution < -0.4 is 0 Å². The van der Waals surface area contributed by atoms with Gasteiger partial charge in [-0.05, 0) is 46.5 Å². The lowest BCUT2D eigenvalue weighted by atomic mass is 10.00. The van der Waals surface area contributed by atoms with Crippen molar-refractivity contribution in [1.82, 2.24) is 4.98 Å². The van der Waals surface area contributed by atoms with Crippen molar-refractivity contribution in [2.45, 2.75) is 0 Å². The number of pyridine rings is 1. The Morgan fingerprint density at radius 2 is 1.28 bits per heavy atom. The fourth-order valence-electron chi connectivity index (χ4n) is 3.29. The highest BCUT2D eigenvalue weighted by atomic mass is 16.3. The molecule has 0 atom stereocenters. The predicted octanol–water partition coefficient (Wildman–Crippen LogP) is 6.32. The summed E-state index contributed by atoms with van der Waals surface area (Å²) in [6.07, 6.45) is 3.68. The highest BCUT2D eigenvalue weighted by molar-refractivity contribution is 6.06. The number of rotatable bonds is 2. The van der Waals surface area contributed by atoms with Gasteiger partial charge < -0.3 is 4.42 Å². The van der Waals surface area contributed by atoms with Crippen molar-refractivity contribution in [3.05, 3.63) is 91.3 Å². The van der Waals surface area contributed by atoms with Crippen LogP contribution in [0.4, 0.5) is 0 Å². The topological polar surface area (TPSA) is 26.0 Å². The third-order valence-corrected chi connectivity index (χ3v) is 4.59. The zero-order valence-electron chi connectivity index (χ0n) is 13.5. The van der Waals surface area contributed by atoms with Crippen molar-refractivity contribution in [3.63, 3.8) is 0 Å². The average molecular weight is 321 g/mol. The maximum atomic E-state index is 5.91. The summed E-state index contributed by atoms with van der Waals surface area (Å²) in [6, 6.07) is 27.2. The van der Waals surface area contributed by atoms with Crippen LogP contribution in [0.2, 0.25) is 0 Å². The number of nitrogens with zero attached hydrogens (tertiary/aromatic N) is 1. The maximum absolute atomic E-state index is 5.91. The number of fused-ring (bicyclic) bond motifs is 3. The van der Waals surface area contributed by atoms with Gasteiger partial charge in [-0.1, -0.05) is 54.6 Å². The summed E-state index contributed by atoms with van der Waals surface area (Å²) in [7, 11) is 0. The van der Waals surface area contributed by atoms with Crippen LogP contribution in [0.5, 0.6) is 0 Å². The van der Waals surface area contributed by atoms with Gasteiger partial charge in [0, 0.05) is 23.2 Å². The summed E-state index contributed by atoms with van der Waals surface area (Å²) in [4.78, 5) is 4.19. The van der Waals surface area contributed by atoms with Crippen LogP contribution in [0, 0.1) is 0 Å². The van der Waals surface area contributed by atoms with Crippen molar-refractivity contribution in [3.8, 4) is 22.3 Å². The molecular weight excluding hydrogens is 306 g/mol. The highest BCUT2D eigenvalue weighted by Gasteiger charge is 2.08. The molecule has 2 aromatic heterocycles. The molecule has 2 nitrogen and oxygen atoms in total. The van der Waals surface area contributed by atoms with E-state index in [1.54, 1.807) is 6.20 Å². The number of hydrogen-bond acceptors (Lipinski definition) is 2. The van der Waals surface area contributed by atoms with E-state index in [2.05, 4.69) is 59.6 Å². The average Bonchev–Trinajstić information content (AvgIpc) is 3.07. The molecule has 0 amide bonds. The van der Waals surface area contributed by atoms with E-state index < -0.39 is 0 Å². The molecule has 0 spiro atoms. The van der Waals surface area contributed by atoms with E-state index in [0.717, 1.165) is 27.5 Å². The number of aromatic nitrogens is 1. The Bertz CT molecular complexity index is 1170.